The Balaban J connectivity index is 4.49. The van der Waals surface area contributed by atoms with Gasteiger partial charge in [-0.3, -0.25) is 9.35 Å². The van der Waals surface area contributed by atoms with Crippen molar-refractivity contribution in [3.8, 4) is 0 Å². The Bertz CT molecular complexity index is 460. The number of Topliss-reactive ketones (excluding diaryl/α,β-unsaturated/α-hetero) is 1. The van der Waals surface area contributed by atoms with E-state index in [2.05, 4.69) is 19.2 Å². The Morgan fingerprint density at radius 2 is 1.56 bits per heavy atom. The van der Waals surface area contributed by atoms with Crippen LogP contribution in [0.4, 0.5) is 0 Å². The lowest BCUT2D eigenvalue weighted by Gasteiger charge is -2.39. The van der Waals surface area contributed by atoms with Crippen LogP contribution in [0.25, 0.3) is 0 Å². The number of likely N-dealkylation sites (N-methyl/N-ethyl adjacent to an activating group) is 1. The monoisotopic (exact) mass is 379 g/mol. The molecule has 0 radical (unpaired) electrons. The lowest BCUT2D eigenvalue weighted by atomic mass is 10.0. The maximum atomic E-state index is 11.4. The highest BCUT2D eigenvalue weighted by Crippen LogP contribution is 2.16. The van der Waals surface area contributed by atoms with E-state index >= 15 is 0 Å². The van der Waals surface area contributed by atoms with E-state index in [1.54, 1.807) is 6.92 Å². The number of rotatable bonds is 16. The molecule has 0 aromatic carbocycles. The Kier molecular flexibility index (Phi) is 12.5. The number of quaternary nitrogens is 1. The third-order valence-corrected chi connectivity index (χ3v) is 5.70. The Morgan fingerprint density at radius 1 is 1.00 bits per heavy atom. The van der Waals surface area contributed by atoms with E-state index in [1.165, 1.54) is 0 Å². The molecule has 0 rings (SSSR count). The van der Waals surface area contributed by atoms with Crippen molar-refractivity contribution in [3.05, 3.63) is 0 Å². The van der Waals surface area contributed by atoms with Crippen LogP contribution in [0.3, 0.4) is 0 Å². The van der Waals surface area contributed by atoms with Gasteiger partial charge in [0.05, 0.1) is 38.0 Å². The molecule has 0 aliphatic rings. The molecule has 0 aromatic heterocycles. The maximum absolute atomic E-state index is 11.4. The van der Waals surface area contributed by atoms with Crippen LogP contribution >= 0.6 is 0 Å². The molecule has 0 unspecified atom stereocenters. The lowest BCUT2D eigenvalue weighted by Crippen LogP contribution is -2.50. The highest BCUT2D eigenvalue weighted by molar-refractivity contribution is 7.85. The fourth-order valence-electron chi connectivity index (χ4n) is 3.73. The quantitative estimate of drug-likeness (QED) is 0.245. The van der Waals surface area contributed by atoms with Crippen LogP contribution in [-0.2, 0) is 14.9 Å². The summed E-state index contributed by atoms with van der Waals surface area (Å²) in [5.41, 5.74) is 0. The first-order valence-electron chi connectivity index (χ1n) is 9.67. The standard InChI is InChI=1S/C18H38N2O4S/c1-5-12-20(13-6-2,15-10-16-25(22,23)24)14-9-7-8-11-18(19-4)17(3)21/h18-19H,5-16H2,1-4H3/p+1/t18-/m1/s1. The van der Waals surface area contributed by atoms with Gasteiger partial charge in [0, 0.05) is 6.42 Å². The van der Waals surface area contributed by atoms with E-state index in [0.717, 1.165) is 69.2 Å². The molecule has 0 amide bonds. The van der Waals surface area contributed by atoms with Crippen molar-refractivity contribution in [2.45, 2.75) is 71.8 Å². The fraction of sp³-hybridized carbons (Fsp3) is 0.944. The minimum Gasteiger partial charge on any atom is -0.324 e. The normalized spacial score (nSPS) is 13.8. The predicted molar refractivity (Wildman–Crippen MR) is 103 cm³/mol. The average Bonchev–Trinajstić information content (AvgIpc) is 2.49. The molecule has 6 nitrogen and oxygen atoms in total. The van der Waals surface area contributed by atoms with Gasteiger partial charge in [0.25, 0.3) is 10.1 Å². The zero-order chi connectivity index (χ0) is 19.3. The topological polar surface area (TPSA) is 83.5 Å². The van der Waals surface area contributed by atoms with Crippen molar-refractivity contribution in [3.63, 3.8) is 0 Å². The van der Waals surface area contributed by atoms with Crippen LogP contribution in [0, 0.1) is 0 Å². The molecule has 0 saturated carbocycles. The summed E-state index contributed by atoms with van der Waals surface area (Å²) in [6, 6.07) is -0.0414. The third-order valence-electron chi connectivity index (χ3n) is 4.90. The van der Waals surface area contributed by atoms with Gasteiger partial charge in [-0.05, 0) is 46.1 Å². The second-order valence-corrected chi connectivity index (χ2v) is 8.75. The molecule has 0 aliphatic carbocycles. The van der Waals surface area contributed by atoms with Crippen molar-refractivity contribution < 1.29 is 22.2 Å². The molecule has 1 atom stereocenters. The van der Waals surface area contributed by atoms with Gasteiger partial charge < -0.3 is 9.80 Å². The van der Waals surface area contributed by atoms with Crippen molar-refractivity contribution in [2.75, 3.05) is 39.0 Å². The van der Waals surface area contributed by atoms with Crippen molar-refractivity contribution in [2.24, 2.45) is 0 Å². The number of hydrogen-bond donors (Lipinski definition) is 2. The summed E-state index contributed by atoms with van der Waals surface area (Å²) in [5, 5.41) is 3.06. The number of unbranched alkanes of at least 4 members (excludes halogenated alkanes) is 2. The first kappa shape index (κ1) is 24.5. The number of hydrogen-bond acceptors (Lipinski definition) is 4. The van der Waals surface area contributed by atoms with Gasteiger partial charge >= 0.3 is 0 Å². The van der Waals surface area contributed by atoms with Crippen LogP contribution in [-0.4, -0.2) is 68.3 Å². The molecule has 0 fully saturated rings. The maximum Gasteiger partial charge on any atom is 0.265 e. The summed E-state index contributed by atoms with van der Waals surface area (Å²) in [5.74, 6) is 0.0397. The summed E-state index contributed by atoms with van der Waals surface area (Å²) in [7, 11) is -2.05. The van der Waals surface area contributed by atoms with Gasteiger partial charge in [-0.25, -0.2) is 0 Å². The minimum atomic E-state index is -3.88. The van der Waals surface area contributed by atoms with E-state index < -0.39 is 10.1 Å². The highest BCUT2D eigenvalue weighted by Gasteiger charge is 2.25. The lowest BCUT2D eigenvalue weighted by molar-refractivity contribution is -0.928. The molecule has 7 heteroatoms. The third kappa shape index (κ3) is 11.7. The SMILES string of the molecule is CCC[N+](CCC)(CCCCC[C@@H](NC)C(C)=O)CCCS(=O)(=O)O. The molecule has 0 saturated heterocycles. The molecular formula is C18H39N2O4S+. The summed E-state index contributed by atoms with van der Waals surface area (Å²) < 4.78 is 31.9. The van der Waals surface area contributed by atoms with Crippen molar-refractivity contribution >= 4 is 15.9 Å². The summed E-state index contributed by atoms with van der Waals surface area (Å²) in [4.78, 5) is 11.4. The van der Waals surface area contributed by atoms with E-state index in [1.807, 2.05) is 7.05 Å². The van der Waals surface area contributed by atoms with Crippen LogP contribution in [0.15, 0.2) is 0 Å². The van der Waals surface area contributed by atoms with E-state index in [4.69, 9.17) is 4.55 Å². The number of nitrogens with one attached hydrogen (secondary N) is 1. The van der Waals surface area contributed by atoms with Crippen LogP contribution in [0.1, 0.15) is 65.7 Å². The van der Waals surface area contributed by atoms with Gasteiger partial charge in [-0.15, -0.1) is 0 Å². The van der Waals surface area contributed by atoms with Crippen molar-refractivity contribution in [1.82, 2.24) is 5.32 Å². The van der Waals surface area contributed by atoms with Crippen molar-refractivity contribution in [1.29, 1.82) is 0 Å². The first-order valence-corrected chi connectivity index (χ1v) is 11.3. The molecule has 25 heavy (non-hydrogen) atoms. The summed E-state index contributed by atoms with van der Waals surface area (Å²) in [6.07, 6.45) is 6.70. The molecule has 0 heterocycles. The number of carbonyl (C=O) groups excluding carboxylic acids is 1. The van der Waals surface area contributed by atoms with Gasteiger partial charge in [0.1, 0.15) is 5.78 Å². The average molecular weight is 380 g/mol. The number of carbonyl (C=O) groups is 1. The number of nitrogens with zero attached hydrogens (tertiary/aromatic N) is 1. The second kappa shape index (κ2) is 12.8. The van der Waals surface area contributed by atoms with Crippen LogP contribution in [0.5, 0.6) is 0 Å². The van der Waals surface area contributed by atoms with Gasteiger partial charge in [-0.1, -0.05) is 20.3 Å². The smallest absolute Gasteiger partial charge is 0.265 e. The predicted octanol–water partition coefficient (Wildman–Crippen LogP) is 2.64. The zero-order valence-corrected chi connectivity index (χ0v) is 17.4. The Hall–Kier alpha value is -0.500. The number of ketones is 1. The fourth-order valence-corrected chi connectivity index (χ4v) is 4.22. The van der Waals surface area contributed by atoms with Gasteiger partial charge in [0.2, 0.25) is 0 Å². The molecule has 0 spiro atoms. The van der Waals surface area contributed by atoms with E-state index in [0.29, 0.717) is 6.42 Å². The highest BCUT2D eigenvalue weighted by atomic mass is 32.2. The molecule has 0 aromatic rings. The van der Waals surface area contributed by atoms with Crippen LogP contribution in [0.2, 0.25) is 0 Å². The minimum absolute atomic E-state index is 0.0414. The molecular weight excluding hydrogens is 340 g/mol. The van der Waals surface area contributed by atoms with Gasteiger partial charge in [-0.2, -0.15) is 8.42 Å². The van der Waals surface area contributed by atoms with E-state index in [-0.39, 0.29) is 17.6 Å². The van der Waals surface area contributed by atoms with E-state index in [9.17, 15) is 13.2 Å². The first-order chi connectivity index (χ1) is 11.7. The molecule has 2 N–H and O–H groups in total. The zero-order valence-electron chi connectivity index (χ0n) is 16.6. The Morgan fingerprint density at radius 3 is 2.00 bits per heavy atom. The van der Waals surface area contributed by atoms with Gasteiger partial charge in [0.15, 0.2) is 0 Å². The summed E-state index contributed by atoms with van der Waals surface area (Å²) in [6.45, 7) is 9.88. The molecule has 0 bridgehead atoms. The molecule has 150 valence electrons. The summed E-state index contributed by atoms with van der Waals surface area (Å²) >= 11 is 0. The Labute approximate surface area is 154 Å². The molecule has 0 aliphatic heterocycles. The second-order valence-electron chi connectivity index (χ2n) is 7.18. The largest absolute Gasteiger partial charge is 0.324 e. The van der Waals surface area contributed by atoms with Crippen LogP contribution < -0.4 is 5.32 Å².